The molecule has 1 saturated carbocycles. The minimum atomic E-state index is -0.460. The van der Waals surface area contributed by atoms with Gasteiger partial charge in [-0.3, -0.25) is 9.59 Å². The number of hydrogen-bond acceptors (Lipinski definition) is 2. The lowest BCUT2D eigenvalue weighted by Crippen LogP contribution is -2.14. The van der Waals surface area contributed by atoms with Gasteiger partial charge in [-0.05, 0) is 49.2 Å². The first-order valence-corrected chi connectivity index (χ1v) is 7.10. The van der Waals surface area contributed by atoms with Crippen molar-refractivity contribution in [2.45, 2.75) is 12.8 Å². The van der Waals surface area contributed by atoms with E-state index in [1.807, 2.05) is 0 Å². The molecule has 1 fully saturated rings. The molecule has 0 heterocycles. The Labute approximate surface area is 127 Å². The maximum absolute atomic E-state index is 13.1. The van der Waals surface area contributed by atoms with Crippen molar-refractivity contribution in [3.05, 3.63) is 59.9 Å². The number of rotatable bonds is 4. The van der Waals surface area contributed by atoms with Gasteiger partial charge in [-0.15, -0.1) is 0 Å². The lowest BCUT2D eigenvalue weighted by molar-refractivity contribution is -0.117. The van der Waals surface area contributed by atoms with E-state index in [9.17, 15) is 14.0 Å². The lowest BCUT2D eigenvalue weighted by Gasteiger charge is -2.08. The lowest BCUT2D eigenvalue weighted by atomic mass is 10.2. The molecule has 1 aliphatic rings. The molecular weight excluding hydrogens is 283 g/mol. The van der Waals surface area contributed by atoms with E-state index < -0.39 is 11.7 Å². The van der Waals surface area contributed by atoms with Crippen LogP contribution < -0.4 is 10.6 Å². The van der Waals surface area contributed by atoms with Gasteiger partial charge in [0.2, 0.25) is 5.91 Å². The van der Waals surface area contributed by atoms with Crippen LogP contribution in [0, 0.1) is 11.7 Å². The third kappa shape index (κ3) is 3.49. The van der Waals surface area contributed by atoms with E-state index >= 15 is 0 Å². The van der Waals surface area contributed by atoms with Crippen LogP contribution >= 0.6 is 0 Å². The van der Waals surface area contributed by atoms with E-state index in [1.165, 1.54) is 24.3 Å². The predicted octanol–water partition coefficient (Wildman–Crippen LogP) is 3.43. The molecular formula is C17H15FN2O2. The van der Waals surface area contributed by atoms with E-state index in [0.29, 0.717) is 11.4 Å². The Kier molecular flexibility index (Phi) is 3.87. The van der Waals surface area contributed by atoms with Crippen LogP contribution in [0.3, 0.4) is 0 Å². The molecule has 2 N–H and O–H groups in total. The number of benzene rings is 2. The second-order valence-electron chi connectivity index (χ2n) is 5.31. The van der Waals surface area contributed by atoms with Crippen molar-refractivity contribution in [3.63, 3.8) is 0 Å². The van der Waals surface area contributed by atoms with Crippen molar-refractivity contribution in [3.8, 4) is 0 Å². The van der Waals surface area contributed by atoms with Crippen LogP contribution in [0.5, 0.6) is 0 Å². The number of carbonyl (C=O) groups is 2. The third-order valence-corrected chi connectivity index (χ3v) is 3.42. The van der Waals surface area contributed by atoms with E-state index in [1.54, 1.807) is 24.3 Å². The number of halogens is 1. The summed E-state index contributed by atoms with van der Waals surface area (Å²) in [5.41, 5.74) is 1.42. The van der Waals surface area contributed by atoms with Crippen LogP contribution in [0.15, 0.2) is 48.5 Å². The van der Waals surface area contributed by atoms with E-state index in [4.69, 9.17) is 0 Å². The molecule has 2 amide bonds. The van der Waals surface area contributed by atoms with Crippen molar-refractivity contribution < 1.29 is 14.0 Å². The zero-order valence-corrected chi connectivity index (χ0v) is 11.8. The van der Waals surface area contributed by atoms with Gasteiger partial charge in [0.25, 0.3) is 5.91 Å². The summed E-state index contributed by atoms with van der Waals surface area (Å²) >= 11 is 0. The summed E-state index contributed by atoms with van der Waals surface area (Å²) in [6.07, 6.45) is 1.86. The molecule has 0 spiro atoms. The van der Waals surface area contributed by atoms with Crippen LogP contribution in [0.1, 0.15) is 23.2 Å². The monoisotopic (exact) mass is 298 g/mol. The van der Waals surface area contributed by atoms with Crippen molar-refractivity contribution in [1.29, 1.82) is 0 Å². The Morgan fingerprint density at radius 2 is 1.64 bits per heavy atom. The molecule has 2 aromatic rings. The first-order valence-electron chi connectivity index (χ1n) is 7.10. The molecule has 5 heteroatoms. The highest BCUT2D eigenvalue weighted by atomic mass is 19.1. The van der Waals surface area contributed by atoms with Gasteiger partial charge >= 0.3 is 0 Å². The molecule has 0 atom stereocenters. The molecule has 0 aliphatic heterocycles. The smallest absolute Gasteiger partial charge is 0.255 e. The Morgan fingerprint density at radius 3 is 2.32 bits per heavy atom. The van der Waals surface area contributed by atoms with Gasteiger partial charge < -0.3 is 10.6 Å². The van der Waals surface area contributed by atoms with E-state index in [-0.39, 0.29) is 17.4 Å². The van der Waals surface area contributed by atoms with Crippen LogP contribution in [0.25, 0.3) is 0 Å². The normalized spacial score (nSPS) is 13.5. The van der Waals surface area contributed by atoms with E-state index in [0.717, 1.165) is 12.8 Å². The second kappa shape index (κ2) is 5.97. The van der Waals surface area contributed by atoms with Crippen LogP contribution in [-0.2, 0) is 4.79 Å². The molecule has 2 aromatic carbocycles. The molecule has 4 nitrogen and oxygen atoms in total. The average Bonchev–Trinajstić information content (AvgIpc) is 3.32. The van der Waals surface area contributed by atoms with Crippen LogP contribution in [-0.4, -0.2) is 11.8 Å². The summed E-state index contributed by atoms with van der Waals surface area (Å²) in [6.45, 7) is 0. The average molecular weight is 298 g/mol. The summed E-state index contributed by atoms with van der Waals surface area (Å²) < 4.78 is 13.1. The minimum Gasteiger partial charge on any atom is -0.326 e. The molecule has 3 rings (SSSR count). The van der Waals surface area contributed by atoms with Gasteiger partial charge in [0.15, 0.2) is 0 Å². The Bertz CT molecular complexity index is 726. The largest absolute Gasteiger partial charge is 0.326 e. The van der Waals surface area contributed by atoms with Gasteiger partial charge in [-0.1, -0.05) is 12.1 Å². The molecule has 112 valence electrons. The van der Waals surface area contributed by atoms with Crippen molar-refractivity contribution in [2.24, 2.45) is 5.92 Å². The quantitative estimate of drug-likeness (QED) is 0.908. The number of anilines is 2. The van der Waals surface area contributed by atoms with Crippen molar-refractivity contribution in [1.82, 2.24) is 0 Å². The number of carbonyl (C=O) groups excluding carboxylic acids is 2. The first-order chi connectivity index (χ1) is 10.6. The second-order valence-corrected chi connectivity index (χ2v) is 5.31. The summed E-state index contributed by atoms with van der Waals surface area (Å²) in [5.74, 6) is -0.734. The molecule has 0 unspecified atom stereocenters. The summed E-state index contributed by atoms with van der Waals surface area (Å²) in [7, 11) is 0. The molecule has 0 radical (unpaired) electrons. The summed E-state index contributed by atoms with van der Waals surface area (Å²) in [6, 6.07) is 12.4. The van der Waals surface area contributed by atoms with Crippen LogP contribution in [0.4, 0.5) is 15.8 Å². The molecule has 1 aliphatic carbocycles. The van der Waals surface area contributed by atoms with E-state index in [2.05, 4.69) is 10.6 Å². The highest BCUT2D eigenvalue weighted by molar-refractivity contribution is 6.04. The number of amides is 2. The van der Waals surface area contributed by atoms with Gasteiger partial charge in [-0.2, -0.15) is 0 Å². The minimum absolute atomic E-state index is 0.00797. The Hall–Kier alpha value is -2.69. The fraction of sp³-hybridized carbons (Fsp3) is 0.176. The number of nitrogens with one attached hydrogen (secondary N) is 2. The van der Waals surface area contributed by atoms with Gasteiger partial charge in [0.1, 0.15) is 5.82 Å². The zero-order valence-electron chi connectivity index (χ0n) is 11.8. The van der Waals surface area contributed by atoms with Gasteiger partial charge in [0.05, 0.1) is 0 Å². The fourth-order valence-electron chi connectivity index (χ4n) is 2.10. The molecule has 0 saturated heterocycles. The SMILES string of the molecule is O=C(Nc1cccc(NC(=O)C2CC2)c1)c1cccc(F)c1. The molecule has 0 aromatic heterocycles. The molecule has 0 bridgehead atoms. The first kappa shape index (κ1) is 14.3. The Morgan fingerprint density at radius 1 is 0.955 bits per heavy atom. The van der Waals surface area contributed by atoms with Gasteiger partial charge in [-0.25, -0.2) is 4.39 Å². The Balaban J connectivity index is 1.69. The topological polar surface area (TPSA) is 58.2 Å². The van der Waals surface area contributed by atoms with Crippen LogP contribution in [0.2, 0.25) is 0 Å². The fourth-order valence-corrected chi connectivity index (χ4v) is 2.10. The van der Waals surface area contributed by atoms with Gasteiger partial charge in [0, 0.05) is 22.9 Å². The highest BCUT2D eigenvalue weighted by Crippen LogP contribution is 2.30. The highest BCUT2D eigenvalue weighted by Gasteiger charge is 2.29. The molecule has 22 heavy (non-hydrogen) atoms. The maximum atomic E-state index is 13.1. The zero-order chi connectivity index (χ0) is 15.5. The maximum Gasteiger partial charge on any atom is 0.255 e. The standard InChI is InChI=1S/C17H15FN2O2/c18-13-4-1-3-12(9-13)17(22)20-15-6-2-5-14(10-15)19-16(21)11-7-8-11/h1-6,9-11H,7-8H2,(H,19,21)(H,20,22). The summed E-state index contributed by atoms with van der Waals surface area (Å²) in [5, 5.41) is 5.50. The third-order valence-electron chi connectivity index (χ3n) is 3.42. The van der Waals surface area contributed by atoms with Crippen molar-refractivity contribution in [2.75, 3.05) is 10.6 Å². The predicted molar refractivity (Wildman–Crippen MR) is 82.1 cm³/mol. The summed E-state index contributed by atoms with van der Waals surface area (Å²) in [4.78, 5) is 23.8. The number of hydrogen-bond donors (Lipinski definition) is 2. The van der Waals surface area contributed by atoms with Crippen molar-refractivity contribution >= 4 is 23.2 Å².